The Morgan fingerprint density at radius 3 is 1.22 bits per heavy atom. The molecule has 0 unspecified atom stereocenters. The average Bonchev–Trinajstić information content (AvgIpc) is 2.84. The summed E-state index contributed by atoms with van der Waals surface area (Å²) in [5, 5.41) is 51.7. The molecule has 0 saturated carbocycles. The number of rotatable bonds is 10. The number of non-ortho nitro benzene ring substituents is 2. The molecule has 0 aromatic heterocycles. The first-order valence-electron chi connectivity index (χ1n) is 9.69. The van der Waals surface area contributed by atoms with Gasteiger partial charge in [0.2, 0.25) is 0 Å². The minimum atomic E-state index is -0.766. The zero-order chi connectivity index (χ0) is 26.2. The van der Waals surface area contributed by atoms with Crippen molar-refractivity contribution in [3.05, 3.63) is 112 Å². The second-order valence-electron chi connectivity index (χ2n) is 6.84. The van der Waals surface area contributed by atoms with Crippen molar-refractivity contribution in [2.24, 2.45) is 10.2 Å². The lowest BCUT2D eigenvalue weighted by molar-refractivity contribution is -0.393. The SMILES string of the molecule is O=[N+]([O-])c1ccc(N/N=C\c2ccc(/C=N\Nc3ccc([N+](=O)[O-])cc3[N+](=O)[O-])cc2)c([N+](=O)[O-])c1. The predicted molar refractivity (Wildman–Crippen MR) is 128 cm³/mol. The van der Waals surface area contributed by atoms with Gasteiger partial charge in [0.25, 0.3) is 11.4 Å². The lowest BCUT2D eigenvalue weighted by atomic mass is 10.2. The van der Waals surface area contributed by atoms with Gasteiger partial charge in [-0.15, -0.1) is 0 Å². The van der Waals surface area contributed by atoms with Crippen LogP contribution in [0.25, 0.3) is 0 Å². The molecule has 36 heavy (non-hydrogen) atoms. The summed E-state index contributed by atoms with van der Waals surface area (Å²) in [5.41, 5.74) is 4.22. The monoisotopic (exact) mass is 494 g/mol. The number of nitro groups is 4. The largest absolute Gasteiger partial charge is 0.301 e. The van der Waals surface area contributed by atoms with Crippen LogP contribution in [-0.2, 0) is 0 Å². The zero-order valence-corrected chi connectivity index (χ0v) is 17.9. The van der Waals surface area contributed by atoms with E-state index in [0.717, 1.165) is 24.3 Å². The molecule has 0 spiro atoms. The maximum Gasteiger partial charge on any atom is 0.301 e. The lowest BCUT2D eigenvalue weighted by Gasteiger charge is -2.02. The van der Waals surface area contributed by atoms with E-state index in [4.69, 9.17) is 0 Å². The summed E-state index contributed by atoms with van der Waals surface area (Å²) in [7, 11) is 0. The van der Waals surface area contributed by atoms with Crippen molar-refractivity contribution in [3.63, 3.8) is 0 Å². The molecule has 0 heterocycles. The second kappa shape index (κ2) is 10.9. The Kier molecular flexibility index (Phi) is 7.51. The van der Waals surface area contributed by atoms with Crippen LogP contribution in [0.4, 0.5) is 34.1 Å². The molecule has 3 aromatic rings. The number of hydrogen-bond acceptors (Lipinski definition) is 12. The van der Waals surface area contributed by atoms with Crippen LogP contribution in [0.15, 0.2) is 70.9 Å². The van der Waals surface area contributed by atoms with Gasteiger partial charge in [-0.25, -0.2) is 0 Å². The molecule has 0 aliphatic carbocycles. The number of nitrogens with zero attached hydrogens (tertiary/aromatic N) is 6. The first-order chi connectivity index (χ1) is 17.2. The lowest BCUT2D eigenvalue weighted by Crippen LogP contribution is -1.99. The molecule has 16 nitrogen and oxygen atoms in total. The van der Waals surface area contributed by atoms with Gasteiger partial charge in [-0.2, -0.15) is 10.2 Å². The van der Waals surface area contributed by atoms with Crippen LogP contribution in [0.1, 0.15) is 11.1 Å². The summed E-state index contributed by atoms with van der Waals surface area (Å²) < 4.78 is 0. The third kappa shape index (κ3) is 6.16. The van der Waals surface area contributed by atoms with Gasteiger partial charge in [0, 0.05) is 12.1 Å². The molecule has 16 heteroatoms. The van der Waals surface area contributed by atoms with Crippen molar-refractivity contribution in [1.29, 1.82) is 0 Å². The van der Waals surface area contributed by atoms with E-state index in [0.29, 0.717) is 11.1 Å². The summed E-state index contributed by atoms with van der Waals surface area (Å²) in [6.45, 7) is 0. The average molecular weight is 494 g/mol. The number of nitrogens with one attached hydrogen (secondary N) is 2. The van der Waals surface area contributed by atoms with Gasteiger partial charge in [-0.3, -0.25) is 51.3 Å². The molecule has 0 radical (unpaired) electrons. The fourth-order valence-electron chi connectivity index (χ4n) is 2.78. The third-order valence-corrected chi connectivity index (χ3v) is 4.51. The molecule has 0 amide bonds. The molecule has 0 fully saturated rings. The predicted octanol–water partition coefficient (Wildman–Crippen LogP) is 4.21. The minimum absolute atomic E-state index is 0.0305. The summed E-state index contributed by atoms with van der Waals surface area (Å²) in [6, 6.07) is 12.8. The van der Waals surface area contributed by atoms with E-state index < -0.39 is 42.4 Å². The molecule has 0 aliphatic rings. The Hall–Kier alpha value is -5.80. The van der Waals surface area contributed by atoms with Gasteiger partial charge < -0.3 is 0 Å². The third-order valence-electron chi connectivity index (χ3n) is 4.51. The van der Waals surface area contributed by atoms with Crippen molar-refractivity contribution in [2.45, 2.75) is 0 Å². The number of hydrogen-bond donors (Lipinski definition) is 2. The van der Waals surface area contributed by atoms with Gasteiger partial charge in [0.15, 0.2) is 0 Å². The van der Waals surface area contributed by atoms with Gasteiger partial charge in [0.1, 0.15) is 11.4 Å². The van der Waals surface area contributed by atoms with Gasteiger partial charge in [-0.05, 0) is 23.3 Å². The maximum atomic E-state index is 11.2. The number of hydrazone groups is 2. The highest BCUT2D eigenvalue weighted by molar-refractivity contribution is 5.85. The Balaban J connectivity index is 1.65. The standard InChI is InChI=1S/C20H14N8O8/c29-25(30)15-5-7-17(19(9-15)27(33)34)23-21-11-13-1-2-14(4-3-13)12-22-24-18-8-6-16(26(31)32)10-20(18)28(35)36/h1-12,23-24H/b21-11-,22-12-. The highest BCUT2D eigenvalue weighted by Crippen LogP contribution is 2.29. The van der Waals surface area contributed by atoms with Crippen molar-refractivity contribution in [3.8, 4) is 0 Å². The summed E-state index contributed by atoms with van der Waals surface area (Å²) in [4.78, 5) is 40.9. The van der Waals surface area contributed by atoms with E-state index >= 15 is 0 Å². The molecule has 0 saturated heterocycles. The van der Waals surface area contributed by atoms with Gasteiger partial charge in [-0.1, -0.05) is 24.3 Å². The van der Waals surface area contributed by atoms with E-state index in [-0.39, 0.29) is 11.4 Å². The molecule has 182 valence electrons. The highest BCUT2D eigenvalue weighted by atomic mass is 16.6. The molecule has 0 atom stereocenters. The quantitative estimate of drug-likeness (QED) is 0.232. The van der Waals surface area contributed by atoms with Crippen molar-refractivity contribution in [2.75, 3.05) is 10.9 Å². The normalized spacial score (nSPS) is 10.9. The van der Waals surface area contributed by atoms with E-state index in [1.807, 2.05) is 0 Å². The molecule has 2 N–H and O–H groups in total. The van der Waals surface area contributed by atoms with E-state index in [2.05, 4.69) is 21.1 Å². The van der Waals surface area contributed by atoms with Crippen LogP contribution in [0.5, 0.6) is 0 Å². The molecule has 3 rings (SSSR count). The van der Waals surface area contributed by atoms with Crippen LogP contribution in [-0.4, -0.2) is 32.1 Å². The zero-order valence-electron chi connectivity index (χ0n) is 17.9. The fourth-order valence-corrected chi connectivity index (χ4v) is 2.78. The first kappa shape index (κ1) is 24.8. The Morgan fingerprint density at radius 1 is 0.556 bits per heavy atom. The van der Waals surface area contributed by atoms with Crippen LogP contribution < -0.4 is 10.9 Å². The number of benzene rings is 3. The number of nitro benzene ring substituents is 4. The molecular formula is C20H14N8O8. The minimum Gasteiger partial charge on any atom is -0.272 e. The van der Waals surface area contributed by atoms with Crippen molar-refractivity contribution in [1.82, 2.24) is 0 Å². The Labute approximate surface area is 200 Å². The smallest absolute Gasteiger partial charge is 0.272 e. The summed E-state index contributed by atoms with van der Waals surface area (Å²) in [5.74, 6) is 0. The molecule has 0 aliphatic heterocycles. The first-order valence-corrected chi connectivity index (χ1v) is 9.69. The highest BCUT2D eigenvalue weighted by Gasteiger charge is 2.20. The number of anilines is 2. The maximum absolute atomic E-state index is 11.2. The Morgan fingerprint density at radius 2 is 0.917 bits per heavy atom. The Bertz CT molecular complexity index is 1300. The second-order valence-corrected chi connectivity index (χ2v) is 6.84. The van der Waals surface area contributed by atoms with Crippen LogP contribution >= 0.6 is 0 Å². The van der Waals surface area contributed by atoms with Crippen LogP contribution in [0.3, 0.4) is 0 Å². The van der Waals surface area contributed by atoms with E-state index in [9.17, 15) is 40.5 Å². The summed E-state index contributed by atoms with van der Waals surface area (Å²) in [6.07, 6.45) is 2.73. The van der Waals surface area contributed by atoms with E-state index in [1.54, 1.807) is 24.3 Å². The topological polar surface area (TPSA) is 221 Å². The molecular weight excluding hydrogens is 480 g/mol. The van der Waals surface area contributed by atoms with Gasteiger partial charge in [0.05, 0.1) is 44.3 Å². The van der Waals surface area contributed by atoms with Crippen LogP contribution in [0, 0.1) is 40.5 Å². The summed E-state index contributed by atoms with van der Waals surface area (Å²) >= 11 is 0. The fraction of sp³-hybridized carbons (Fsp3) is 0. The van der Waals surface area contributed by atoms with E-state index in [1.165, 1.54) is 24.6 Å². The van der Waals surface area contributed by atoms with Crippen molar-refractivity contribution >= 4 is 46.6 Å². The molecule has 3 aromatic carbocycles. The molecule has 0 bridgehead atoms. The van der Waals surface area contributed by atoms with Gasteiger partial charge >= 0.3 is 11.4 Å². The van der Waals surface area contributed by atoms with Crippen LogP contribution in [0.2, 0.25) is 0 Å². The van der Waals surface area contributed by atoms with Crippen molar-refractivity contribution < 1.29 is 19.7 Å².